The molecule has 0 saturated carbocycles. The number of aliphatic hydroxyl groups excluding tert-OH is 4. The van der Waals surface area contributed by atoms with E-state index < -0.39 is 37.3 Å². The Bertz CT molecular complexity index is 987. The van der Waals surface area contributed by atoms with E-state index in [9.17, 15) is 25.2 Å². The molecule has 3 aliphatic rings. The van der Waals surface area contributed by atoms with Crippen molar-refractivity contribution < 1.29 is 34.3 Å². The second-order valence-corrected chi connectivity index (χ2v) is 6.29. The molecular weight excluding hydrogens is 358 g/mol. The van der Waals surface area contributed by atoms with Gasteiger partial charge in [0.05, 0.1) is 6.61 Å². The van der Waals surface area contributed by atoms with Gasteiger partial charge >= 0.3 is 0 Å². The summed E-state index contributed by atoms with van der Waals surface area (Å²) in [5, 5.41) is 38.9. The zero-order chi connectivity index (χ0) is 19.1. The van der Waals surface area contributed by atoms with Crippen LogP contribution in [0, 0.1) is 0 Å². The summed E-state index contributed by atoms with van der Waals surface area (Å²) in [5.41, 5.74) is 1.20. The fourth-order valence-electron chi connectivity index (χ4n) is 2.96. The van der Waals surface area contributed by atoms with Crippen LogP contribution in [0.2, 0.25) is 0 Å². The van der Waals surface area contributed by atoms with Crippen LogP contribution >= 0.6 is 0 Å². The van der Waals surface area contributed by atoms with E-state index in [1.807, 2.05) is 0 Å². The Balaban J connectivity index is 1.65. The number of aliphatic hydroxyl groups is 4. The van der Waals surface area contributed by atoms with Gasteiger partial charge in [-0.05, 0) is 24.3 Å². The van der Waals surface area contributed by atoms with E-state index >= 15 is 0 Å². The number of nitrogens with zero attached hydrogens (tertiary/aromatic N) is 1. The van der Waals surface area contributed by atoms with Crippen LogP contribution < -0.4 is 10.2 Å². The summed E-state index contributed by atoms with van der Waals surface area (Å²) < 4.78 is 16.6. The Morgan fingerprint density at radius 1 is 1.04 bits per heavy atom. The number of fused-ring (bicyclic) bond motifs is 2. The van der Waals surface area contributed by atoms with Crippen molar-refractivity contribution in [1.29, 1.82) is 0 Å². The Morgan fingerprint density at radius 3 is 2.63 bits per heavy atom. The lowest BCUT2D eigenvalue weighted by molar-refractivity contribution is -0.277. The van der Waals surface area contributed by atoms with E-state index in [2.05, 4.69) is 4.98 Å². The zero-order valence-corrected chi connectivity index (χ0v) is 13.9. The van der Waals surface area contributed by atoms with Gasteiger partial charge < -0.3 is 34.3 Å². The van der Waals surface area contributed by atoms with Crippen LogP contribution in [0.4, 0.5) is 0 Å². The second kappa shape index (κ2) is 6.87. The highest BCUT2D eigenvalue weighted by molar-refractivity contribution is 5.77. The summed E-state index contributed by atoms with van der Waals surface area (Å²) in [5.74, 6) is 0.565. The highest BCUT2D eigenvalue weighted by atomic mass is 16.7. The zero-order valence-electron chi connectivity index (χ0n) is 13.9. The predicted octanol–water partition coefficient (Wildman–Crippen LogP) is -0.529. The fourth-order valence-corrected chi connectivity index (χ4v) is 2.96. The summed E-state index contributed by atoms with van der Waals surface area (Å²) in [7, 11) is 0. The van der Waals surface area contributed by atoms with E-state index in [4.69, 9.17) is 13.9 Å². The maximum Gasteiger partial charge on any atom is 0.229 e. The summed E-state index contributed by atoms with van der Waals surface area (Å²) in [6.45, 7) is -0.550. The van der Waals surface area contributed by atoms with E-state index in [1.165, 1.54) is 18.2 Å². The third-order valence-corrected chi connectivity index (χ3v) is 4.42. The van der Waals surface area contributed by atoms with Crippen molar-refractivity contribution >= 4 is 11.1 Å². The van der Waals surface area contributed by atoms with Crippen LogP contribution in [0.3, 0.4) is 0 Å². The molecule has 0 bridgehead atoms. The van der Waals surface area contributed by atoms with Gasteiger partial charge in [-0.3, -0.25) is 4.79 Å². The first-order valence-corrected chi connectivity index (χ1v) is 8.28. The lowest BCUT2D eigenvalue weighted by Crippen LogP contribution is -2.60. The van der Waals surface area contributed by atoms with Crippen LogP contribution in [0.5, 0.6) is 5.75 Å². The maximum absolute atomic E-state index is 11.5. The fraction of sp³-hybridized carbons (Fsp3) is 0.333. The summed E-state index contributed by atoms with van der Waals surface area (Å²) in [6, 6.07) is 8.99. The molecule has 1 fully saturated rings. The Morgan fingerprint density at radius 2 is 1.85 bits per heavy atom. The number of rotatable bonds is 3. The van der Waals surface area contributed by atoms with Gasteiger partial charge in [0.1, 0.15) is 41.4 Å². The van der Waals surface area contributed by atoms with E-state index in [1.54, 1.807) is 18.2 Å². The average molecular weight is 375 g/mol. The minimum Gasteiger partial charge on any atom is -0.462 e. The molecule has 1 aromatic carbocycles. The Kier molecular flexibility index (Phi) is 4.54. The molecule has 2 heterocycles. The van der Waals surface area contributed by atoms with Crippen molar-refractivity contribution in [1.82, 2.24) is 4.98 Å². The van der Waals surface area contributed by atoms with Crippen LogP contribution in [0.15, 0.2) is 45.6 Å². The lowest BCUT2D eigenvalue weighted by Gasteiger charge is -2.39. The first-order valence-electron chi connectivity index (χ1n) is 8.28. The monoisotopic (exact) mass is 375 g/mol. The SMILES string of the molecule is O=c1ccc2nc3ccc(O[C@@H]4O[C@H](CO)[C@@H](O)[C@H](O)[C@@H]4O)cc3oc-2c1. The van der Waals surface area contributed by atoms with Crippen molar-refractivity contribution in [2.75, 3.05) is 6.61 Å². The molecule has 9 heteroatoms. The maximum atomic E-state index is 11.5. The predicted molar refractivity (Wildman–Crippen MR) is 91.3 cm³/mol. The minimum atomic E-state index is -1.54. The van der Waals surface area contributed by atoms with Crippen molar-refractivity contribution in [2.24, 2.45) is 0 Å². The van der Waals surface area contributed by atoms with Gasteiger partial charge in [0, 0.05) is 12.1 Å². The molecule has 5 atom stereocenters. The molecule has 1 aliphatic carbocycles. The van der Waals surface area contributed by atoms with Gasteiger partial charge in [-0.25, -0.2) is 4.98 Å². The molecule has 4 N–H and O–H groups in total. The Hall–Kier alpha value is -2.56. The van der Waals surface area contributed by atoms with Gasteiger partial charge in [-0.2, -0.15) is 0 Å². The molecule has 0 spiro atoms. The first-order chi connectivity index (χ1) is 13.0. The Labute approximate surface area is 152 Å². The largest absolute Gasteiger partial charge is 0.462 e. The molecule has 1 saturated heterocycles. The molecule has 9 nitrogen and oxygen atoms in total. The number of benzene rings is 2. The molecule has 0 aromatic heterocycles. The van der Waals surface area contributed by atoms with Gasteiger partial charge in [-0.15, -0.1) is 0 Å². The van der Waals surface area contributed by atoms with Crippen LogP contribution in [-0.4, -0.2) is 62.7 Å². The van der Waals surface area contributed by atoms with E-state index in [0.29, 0.717) is 22.6 Å². The standard InChI is InChI=1S/C18H17NO8/c20-7-14-15(22)16(23)17(24)18(27-14)25-9-2-4-11-13(6-9)26-12-5-8(21)1-3-10(12)19-11/h1-6,14-18,20,22-24H,7H2/t14-,15-,16+,17+,18-/m1/s1. The molecule has 0 radical (unpaired) electrons. The molecule has 27 heavy (non-hydrogen) atoms. The first kappa shape index (κ1) is 17.8. The molecule has 4 rings (SSSR count). The van der Waals surface area contributed by atoms with Crippen molar-refractivity contribution in [2.45, 2.75) is 30.7 Å². The molecule has 1 aromatic rings. The van der Waals surface area contributed by atoms with Crippen LogP contribution in [-0.2, 0) is 4.74 Å². The van der Waals surface area contributed by atoms with Crippen molar-refractivity contribution in [3.8, 4) is 17.2 Å². The summed E-state index contributed by atoms with van der Waals surface area (Å²) in [6.07, 6.45) is -6.90. The lowest BCUT2D eigenvalue weighted by atomic mass is 9.99. The molecule has 0 unspecified atom stereocenters. The molecule has 2 aliphatic heterocycles. The average Bonchev–Trinajstić information content (AvgIpc) is 2.66. The van der Waals surface area contributed by atoms with Gasteiger partial charge in [-0.1, -0.05) is 0 Å². The van der Waals surface area contributed by atoms with Gasteiger partial charge in [0.15, 0.2) is 16.8 Å². The van der Waals surface area contributed by atoms with Gasteiger partial charge in [0.25, 0.3) is 0 Å². The van der Waals surface area contributed by atoms with E-state index in [0.717, 1.165) is 0 Å². The van der Waals surface area contributed by atoms with Crippen molar-refractivity contribution in [3.05, 3.63) is 46.6 Å². The number of aromatic nitrogens is 1. The van der Waals surface area contributed by atoms with Crippen molar-refractivity contribution in [3.63, 3.8) is 0 Å². The smallest absolute Gasteiger partial charge is 0.229 e. The molecule has 0 amide bonds. The summed E-state index contributed by atoms with van der Waals surface area (Å²) in [4.78, 5) is 15.9. The number of ether oxygens (including phenoxy) is 2. The third kappa shape index (κ3) is 3.27. The summed E-state index contributed by atoms with van der Waals surface area (Å²) >= 11 is 0. The number of hydrogen-bond acceptors (Lipinski definition) is 9. The second-order valence-electron chi connectivity index (χ2n) is 6.29. The number of hydrogen-bond donors (Lipinski definition) is 4. The third-order valence-electron chi connectivity index (χ3n) is 4.42. The van der Waals surface area contributed by atoms with Crippen LogP contribution in [0.25, 0.3) is 22.6 Å². The molecule has 142 valence electrons. The normalized spacial score (nSPS) is 28.5. The highest BCUT2D eigenvalue weighted by Gasteiger charge is 2.44. The van der Waals surface area contributed by atoms with Gasteiger partial charge in [0.2, 0.25) is 6.29 Å². The van der Waals surface area contributed by atoms with Crippen LogP contribution in [0.1, 0.15) is 0 Å². The highest BCUT2D eigenvalue weighted by Crippen LogP contribution is 2.29. The van der Waals surface area contributed by atoms with E-state index in [-0.39, 0.29) is 11.2 Å². The molecular formula is C18H17NO8. The quantitative estimate of drug-likeness (QED) is 0.444. The topological polar surface area (TPSA) is 142 Å². The minimum absolute atomic E-state index is 0.207.